The van der Waals surface area contributed by atoms with E-state index in [9.17, 15) is 0 Å². The predicted octanol–water partition coefficient (Wildman–Crippen LogP) is 0.213. The summed E-state index contributed by atoms with van der Waals surface area (Å²) >= 11 is 0. The fourth-order valence-corrected chi connectivity index (χ4v) is 2.53. The van der Waals surface area contributed by atoms with Crippen molar-refractivity contribution in [2.24, 2.45) is 5.73 Å². The smallest absolute Gasteiger partial charge is 0.0710 e. The van der Waals surface area contributed by atoms with E-state index in [4.69, 9.17) is 15.2 Å². The molecule has 4 heteroatoms. The van der Waals surface area contributed by atoms with Crippen LogP contribution in [0, 0.1) is 0 Å². The van der Waals surface area contributed by atoms with Gasteiger partial charge in [0.25, 0.3) is 0 Å². The number of ether oxygens (including phenoxy) is 2. The average molecular weight is 214 g/mol. The third-order valence-corrected chi connectivity index (χ3v) is 3.48. The van der Waals surface area contributed by atoms with Gasteiger partial charge in [-0.15, -0.1) is 0 Å². The summed E-state index contributed by atoms with van der Waals surface area (Å²) in [5.74, 6) is 0. The second kappa shape index (κ2) is 5.25. The zero-order chi connectivity index (χ0) is 10.7. The molecular weight excluding hydrogens is 192 g/mol. The van der Waals surface area contributed by atoms with Gasteiger partial charge in [-0.3, -0.25) is 4.90 Å². The van der Waals surface area contributed by atoms with Crippen molar-refractivity contribution in [2.75, 3.05) is 33.3 Å². The Kier molecular flexibility index (Phi) is 3.97. The maximum absolute atomic E-state index is 5.83. The van der Waals surface area contributed by atoms with E-state index in [0.29, 0.717) is 24.9 Å². The molecule has 2 heterocycles. The lowest BCUT2D eigenvalue weighted by Crippen LogP contribution is -2.32. The summed E-state index contributed by atoms with van der Waals surface area (Å²) in [5, 5.41) is 0. The normalized spacial score (nSPS) is 37.6. The van der Waals surface area contributed by atoms with Crippen LogP contribution in [0.1, 0.15) is 19.3 Å². The molecule has 0 amide bonds. The number of nitrogens with zero attached hydrogens (tertiary/aromatic N) is 1. The van der Waals surface area contributed by atoms with E-state index in [2.05, 4.69) is 4.90 Å². The van der Waals surface area contributed by atoms with Gasteiger partial charge < -0.3 is 15.2 Å². The molecule has 0 bridgehead atoms. The van der Waals surface area contributed by atoms with Gasteiger partial charge in [0.05, 0.1) is 18.3 Å². The minimum atomic E-state index is 0.302. The van der Waals surface area contributed by atoms with E-state index in [0.717, 1.165) is 38.9 Å². The third kappa shape index (κ3) is 2.91. The molecule has 0 aliphatic carbocycles. The minimum Gasteiger partial charge on any atom is -0.380 e. The maximum Gasteiger partial charge on any atom is 0.0710 e. The lowest BCUT2D eigenvalue weighted by Gasteiger charge is -2.20. The fourth-order valence-electron chi connectivity index (χ4n) is 2.53. The lowest BCUT2D eigenvalue weighted by molar-refractivity contribution is 0.0274. The molecule has 0 aromatic heterocycles. The molecule has 2 aliphatic heterocycles. The van der Waals surface area contributed by atoms with Crippen molar-refractivity contribution in [3.63, 3.8) is 0 Å². The van der Waals surface area contributed by atoms with Crippen molar-refractivity contribution in [3.05, 3.63) is 0 Å². The Bertz CT molecular complexity index is 181. The molecule has 2 saturated heterocycles. The number of nitrogens with two attached hydrogens (primary N) is 1. The molecule has 88 valence electrons. The van der Waals surface area contributed by atoms with Gasteiger partial charge in [0.15, 0.2) is 0 Å². The number of hydrogen-bond acceptors (Lipinski definition) is 4. The van der Waals surface area contributed by atoms with Gasteiger partial charge in [0, 0.05) is 33.3 Å². The Morgan fingerprint density at radius 2 is 2.13 bits per heavy atom. The van der Waals surface area contributed by atoms with Crippen LogP contribution in [0.25, 0.3) is 0 Å². The first-order valence-electron chi connectivity index (χ1n) is 5.92. The molecule has 2 fully saturated rings. The SMILES string of the molecule is COC1CCN(CC2CCC(CN)O2)C1. The van der Waals surface area contributed by atoms with Crippen LogP contribution < -0.4 is 5.73 Å². The summed E-state index contributed by atoms with van der Waals surface area (Å²) in [6, 6.07) is 0. The Morgan fingerprint density at radius 3 is 2.73 bits per heavy atom. The summed E-state index contributed by atoms with van der Waals surface area (Å²) in [5.41, 5.74) is 5.59. The van der Waals surface area contributed by atoms with Gasteiger partial charge in [-0.25, -0.2) is 0 Å². The lowest BCUT2D eigenvalue weighted by atomic mass is 10.2. The average Bonchev–Trinajstić information content (AvgIpc) is 2.87. The molecule has 3 atom stereocenters. The summed E-state index contributed by atoms with van der Waals surface area (Å²) in [7, 11) is 1.80. The monoisotopic (exact) mass is 214 g/mol. The quantitative estimate of drug-likeness (QED) is 0.727. The highest BCUT2D eigenvalue weighted by molar-refractivity contribution is 4.81. The largest absolute Gasteiger partial charge is 0.380 e. The Morgan fingerprint density at radius 1 is 1.33 bits per heavy atom. The van der Waals surface area contributed by atoms with E-state index in [-0.39, 0.29) is 0 Å². The number of likely N-dealkylation sites (tertiary alicyclic amines) is 1. The van der Waals surface area contributed by atoms with Crippen LogP contribution in [0.4, 0.5) is 0 Å². The molecule has 2 rings (SSSR count). The summed E-state index contributed by atoms with van der Waals surface area (Å²) in [6.45, 7) is 3.92. The van der Waals surface area contributed by atoms with Gasteiger partial charge >= 0.3 is 0 Å². The second-order valence-electron chi connectivity index (χ2n) is 4.60. The Balaban J connectivity index is 1.70. The third-order valence-electron chi connectivity index (χ3n) is 3.48. The number of hydrogen-bond donors (Lipinski definition) is 1. The first kappa shape index (κ1) is 11.3. The molecule has 0 aromatic rings. The molecule has 0 spiro atoms. The van der Waals surface area contributed by atoms with Crippen LogP contribution in [0.15, 0.2) is 0 Å². The number of rotatable bonds is 4. The van der Waals surface area contributed by atoms with E-state index in [1.165, 1.54) is 0 Å². The van der Waals surface area contributed by atoms with Gasteiger partial charge in [-0.05, 0) is 19.3 Å². The molecular formula is C11H22N2O2. The van der Waals surface area contributed by atoms with Crippen LogP contribution in [0.3, 0.4) is 0 Å². The minimum absolute atomic E-state index is 0.302. The van der Waals surface area contributed by atoms with Crippen molar-refractivity contribution in [1.82, 2.24) is 4.90 Å². The van der Waals surface area contributed by atoms with Gasteiger partial charge in [0.1, 0.15) is 0 Å². The summed E-state index contributed by atoms with van der Waals surface area (Å²) in [6.07, 6.45) is 4.57. The van der Waals surface area contributed by atoms with Crippen molar-refractivity contribution < 1.29 is 9.47 Å². The molecule has 2 N–H and O–H groups in total. The van der Waals surface area contributed by atoms with E-state index in [1.54, 1.807) is 7.11 Å². The zero-order valence-electron chi connectivity index (χ0n) is 9.52. The molecule has 0 saturated carbocycles. The highest BCUT2D eigenvalue weighted by atomic mass is 16.5. The van der Waals surface area contributed by atoms with Crippen LogP contribution in [0.5, 0.6) is 0 Å². The molecule has 15 heavy (non-hydrogen) atoms. The van der Waals surface area contributed by atoms with Crippen LogP contribution >= 0.6 is 0 Å². The molecule has 3 unspecified atom stereocenters. The van der Waals surface area contributed by atoms with Gasteiger partial charge in [-0.2, -0.15) is 0 Å². The van der Waals surface area contributed by atoms with Crippen molar-refractivity contribution >= 4 is 0 Å². The summed E-state index contributed by atoms with van der Waals surface area (Å²) in [4.78, 5) is 2.44. The topological polar surface area (TPSA) is 47.7 Å². The molecule has 0 radical (unpaired) electrons. The van der Waals surface area contributed by atoms with Gasteiger partial charge in [0.2, 0.25) is 0 Å². The maximum atomic E-state index is 5.83. The Labute approximate surface area is 91.7 Å². The molecule has 4 nitrogen and oxygen atoms in total. The van der Waals surface area contributed by atoms with Crippen LogP contribution in [-0.2, 0) is 9.47 Å². The van der Waals surface area contributed by atoms with E-state index < -0.39 is 0 Å². The molecule has 0 aromatic carbocycles. The number of methoxy groups -OCH3 is 1. The Hall–Kier alpha value is -0.160. The second-order valence-corrected chi connectivity index (χ2v) is 4.60. The highest BCUT2D eigenvalue weighted by Crippen LogP contribution is 2.21. The fraction of sp³-hybridized carbons (Fsp3) is 1.00. The van der Waals surface area contributed by atoms with Gasteiger partial charge in [-0.1, -0.05) is 0 Å². The van der Waals surface area contributed by atoms with Crippen molar-refractivity contribution in [3.8, 4) is 0 Å². The first-order chi connectivity index (χ1) is 7.31. The van der Waals surface area contributed by atoms with Crippen molar-refractivity contribution in [1.29, 1.82) is 0 Å². The van der Waals surface area contributed by atoms with E-state index in [1.807, 2.05) is 0 Å². The molecule has 2 aliphatic rings. The van der Waals surface area contributed by atoms with Crippen LogP contribution in [-0.4, -0.2) is 56.5 Å². The first-order valence-corrected chi connectivity index (χ1v) is 5.92. The standard InChI is InChI=1S/C11H22N2O2/c1-14-10-4-5-13(7-10)8-11-3-2-9(6-12)15-11/h9-11H,2-8,12H2,1H3. The zero-order valence-corrected chi connectivity index (χ0v) is 9.52. The van der Waals surface area contributed by atoms with E-state index >= 15 is 0 Å². The highest BCUT2D eigenvalue weighted by Gasteiger charge is 2.29. The summed E-state index contributed by atoms with van der Waals surface area (Å²) < 4.78 is 11.2. The van der Waals surface area contributed by atoms with Crippen molar-refractivity contribution in [2.45, 2.75) is 37.6 Å². The predicted molar refractivity (Wildman–Crippen MR) is 58.8 cm³/mol. The van der Waals surface area contributed by atoms with Crippen LogP contribution in [0.2, 0.25) is 0 Å².